The van der Waals surface area contributed by atoms with E-state index in [2.05, 4.69) is 10.6 Å². The number of anilines is 1. The Morgan fingerprint density at radius 3 is 2.57 bits per heavy atom. The molecular formula is C14H19N3O4. The van der Waals surface area contributed by atoms with E-state index in [0.717, 1.165) is 0 Å². The summed E-state index contributed by atoms with van der Waals surface area (Å²) < 4.78 is 0. The number of hydrogen-bond donors (Lipinski definition) is 3. The molecule has 0 aliphatic carbocycles. The Labute approximate surface area is 122 Å². The van der Waals surface area contributed by atoms with Crippen molar-refractivity contribution in [2.75, 3.05) is 18.9 Å². The number of rotatable bonds is 5. The molecule has 7 heteroatoms. The lowest BCUT2D eigenvalue weighted by Gasteiger charge is -2.20. The molecule has 0 bridgehead atoms. The van der Waals surface area contributed by atoms with Gasteiger partial charge in [-0.25, -0.2) is 9.59 Å². The lowest BCUT2D eigenvalue weighted by atomic mass is 10.2. The first-order valence-corrected chi connectivity index (χ1v) is 6.51. The predicted octanol–water partition coefficient (Wildman–Crippen LogP) is 1.37. The summed E-state index contributed by atoms with van der Waals surface area (Å²) in [5, 5.41) is 13.9. The molecule has 0 spiro atoms. The van der Waals surface area contributed by atoms with Crippen LogP contribution in [0.1, 0.15) is 24.2 Å². The van der Waals surface area contributed by atoms with Gasteiger partial charge in [0.1, 0.15) is 6.04 Å². The Balaban J connectivity index is 2.63. The molecule has 1 atom stereocenters. The van der Waals surface area contributed by atoms with Gasteiger partial charge in [-0.3, -0.25) is 4.79 Å². The minimum atomic E-state index is -1.08. The van der Waals surface area contributed by atoms with Gasteiger partial charge in [0.05, 0.1) is 5.56 Å². The van der Waals surface area contributed by atoms with Gasteiger partial charge in [-0.05, 0) is 32.0 Å². The van der Waals surface area contributed by atoms with Crippen molar-refractivity contribution in [1.82, 2.24) is 10.2 Å². The summed E-state index contributed by atoms with van der Waals surface area (Å²) in [6, 6.07) is 4.62. The number of nitrogens with one attached hydrogen (secondary N) is 2. The van der Waals surface area contributed by atoms with Crippen molar-refractivity contribution in [2.24, 2.45) is 0 Å². The largest absolute Gasteiger partial charge is 0.478 e. The van der Waals surface area contributed by atoms with E-state index >= 15 is 0 Å². The van der Waals surface area contributed by atoms with E-state index in [4.69, 9.17) is 5.11 Å². The van der Waals surface area contributed by atoms with Crippen molar-refractivity contribution >= 4 is 23.6 Å². The molecule has 0 saturated heterocycles. The molecule has 1 rings (SSSR count). The summed E-state index contributed by atoms with van der Waals surface area (Å²) in [6.45, 7) is 3.97. The third-order valence-corrected chi connectivity index (χ3v) is 2.94. The Hall–Kier alpha value is -2.57. The highest BCUT2D eigenvalue weighted by atomic mass is 16.4. The molecule has 0 heterocycles. The smallest absolute Gasteiger partial charge is 0.335 e. The number of carbonyl (C=O) groups excluding carboxylic acids is 2. The highest BCUT2D eigenvalue weighted by molar-refractivity contribution is 5.95. The van der Waals surface area contributed by atoms with Crippen LogP contribution < -0.4 is 10.6 Å². The van der Waals surface area contributed by atoms with Crippen molar-refractivity contribution in [1.29, 1.82) is 0 Å². The summed E-state index contributed by atoms with van der Waals surface area (Å²) in [6.07, 6.45) is 0. The summed E-state index contributed by atoms with van der Waals surface area (Å²) in [5.41, 5.74) is 0.415. The molecule has 1 aromatic carbocycles. The van der Waals surface area contributed by atoms with Crippen LogP contribution in [0.5, 0.6) is 0 Å². The monoisotopic (exact) mass is 293 g/mol. The number of carbonyl (C=O) groups is 3. The molecule has 0 aliphatic heterocycles. The molecule has 114 valence electrons. The molecule has 0 saturated carbocycles. The number of carboxylic acids is 1. The van der Waals surface area contributed by atoms with Gasteiger partial charge >= 0.3 is 12.0 Å². The molecular weight excluding hydrogens is 274 g/mol. The Bertz CT molecular complexity index is 545. The van der Waals surface area contributed by atoms with Crippen LogP contribution in [0.25, 0.3) is 0 Å². The molecule has 3 N–H and O–H groups in total. The number of aromatic carboxylic acids is 1. The predicted molar refractivity (Wildman–Crippen MR) is 78.3 cm³/mol. The first kappa shape index (κ1) is 16.5. The highest BCUT2D eigenvalue weighted by Crippen LogP contribution is 2.10. The number of likely N-dealkylation sites (N-methyl/N-ethyl adjacent to an activating group) is 1. The van der Waals surface area contributed by atoms with Crippen LogP contribution in [0.4, 0.5) is 10.5 Å². The standard InChI is InChI=1S/C14H19N3O4/c1-4-17(3)12(18)9(2)15-14(21)16-11-7-5-6-10(8-11)13(19)20/h5-9H,4H2,1-3H3,(H,19,20)(H2,15,16,21). The summed E-state index contributed by atoms with van der Waals surface area (Å²) in [7, 11) is 1.65. The second-order valence-electron chi connectivity index (χ2n) is 4.56. The molecule has 21 heavy (non-hydrogen) atoms. The van der Waals surface area contributed by atoms with Crippen LogP contribution in [0.2, 0.25) is 0 Å². The van der Waals surface area contributed by atoms with Crippen LogP contribution in [0, 0.1) is 0 Å². The van der Waals surface area contributed by atoms with Gasteiger partial charge < -0.3 is 20.6 Å². The number of benzene rings is 1. The topological polar surface area (TPSA) is 98.7 Å². The van der Waals surface area contributed by atoms with Gasteiger partial charge in [-0.2, -0.15) is 0 Å². The van der Waals surface area contributed by atoms with E-state index in [-0.39, 0.29) is 11.5 Å². The molecule has 1 aromatic rings. The van der Waals surface area contributed by atoms with E-state index < -0.39 is 18.0 Å². The van der Waals surface area contributed by atoms with Crippen LogP contribution in [-0.2, 0) is 4.79 Å². The van der Waals surface area contributed by atoms with Crippen LogP contribution in [0.3, 0.4) is 0 Å². The van der Waals surface area contributed by atoms with Crippen LogP contribution in [-0.4, -0.2) is 47.5 Å². The minimum Gasteiger partial charge on any atom is -0.478 e. The number of hydrogen-bond acceptors (Lipinski definition) is 3. The number of urea groups is 1. The quantitative estimate of drug-likeness (QED) is 0.763. The zero-order valence-electron chi connectivity index (χ0n) is 12.2. The lowest BCUT2D eigenvalue weighted by molar-refractivity contribution is -0.131. The molecule has 0 aromatic heterocycles. The molecule has 7 nitrogen and oxygen atoms in total. The van der Waals surface area contributed by atoms with Crippen molar-refractivity contribution in [3.05, 3.63) is 29.8 Å². The van der Waals surface area contributed by atoms with Crippen LogP contribution >= 0.6 is 0 Å². The second-order valence-corrected chi connectivity index (χ2v) is 4.56. The van der Waals surface area contributed by atoms with Gasteiger partial charge in [0, 0.05) is 19.3 Å². The number of nitrogens with zero attached hydrogens (tertiary/aromatic N) is 1. The maximum absolute atomic E-state index is 11.8. The average molecular weight is 293 g/mol. The maximum Gasteiger partial charge on any atom is 0.335 e. The van der Waals surface area contributed by atoms with Gasteiger partial charge in [0.2, 0.25) is 5.91 Å². The maximum atomic E-state index is 11.8. The van der Waals surface area contributed by atoms with E-state index in [1.165, 1.54) is 23.1 Å². The molecule has 0 aliphatic rings. The third-order valence-electron chi connectivity index (χ3n) is 2.94. The molecule has 1 unspecified atom stereocenters. The third kappa shape index (κ3) is 4.79. The van der Waals surface area contributed by atoms with Gasteiger partial charge in [-0.15, -0.1) is 0 Å². The number of carboxylic acid groups (broad SMARTS) is 1. The van der Waals surface area contributed by atoms with E-state index in [1.807, 2.05) is 6.92 Å². The van der Waals surface area contributed by atoms with Gasteiger partial charge in [0.15, 0.2) is 0 Å². The van der Waals surface area contributed by atoms with Crippen molar-refractivity contribution in [3.8, 4) is 0 Å². The zero-order chi connectivity index (χ0) is 16.0. The summed E-state index contributed by atoms with van der Waals surface area (Å²) >= 11 is 0. The Kier molecular flexibility index (Phi) is 5.71. The van der Waals surface area contributed by atoms with E-state index in [0.29, 0.717) is 12.2 Å². The first-order chi connectivity index (χ1) is 9.85. The molecule has 0 fully saturated rings. The average Bonchev–Trinajstić information content (AvgIpc) is 2.45. The summed E-state index contributed by atoms with van der Waals surface area (Å²) in [5.74, 6) is -1.28. The lowest BCUT2D eigenvalue weighted by Crippen LogP contribution is -2.46. The molecule has 0 radical (unpaired) electrons. The number of amides is 3. The van der Waals surface area contributed by atoms with Gasteiger partial charge in [-0.1, -0.05) is 6.07 Å². The fraction of sp³-hybridized carbons (Fsp3) is 0.357. The fourth-order valence-electron chi connectivity index (χ4n) is 1.64. The van der Waals surface area contributed by atoms with Crippen LogP contribution in [0.15, 0.2) is 24.3 Å². The highest BCUT2D eigenvalue weighted by Gasteiger charge is 2.18. The normalized spacial score (nSPS) is 11.4. The van der Waals surface area contributed by atoms with E-state index in [1.54, 1.807) is 20.0 Å². The molecule has 3 amide bonds. The minimum absolute atomic E-state index is 0.0719. The Morgan fingerprint density at radius 2 is 2.00 bits per heavy atom. The fourth-order valence-corrected chi connectivity index (χ4v) is 1.64. The summed E-state index contributed by atoms with van der Waals surface area (Å²) in [4.78, 5) is 35.9. The van der Waals surface area contributed by atoms with Crippen molar-refractivity contribution in [3.63, 3.8) is 0 Å². The second kappa shape index (κ2) is 7.28. The first-order valence-electron chi connectivity index (χ1n) is 6.51. The Morgan fingerprint density at radius 1 is 1.33 bits per heavy atom. The zero-order valence-corrected chi connectivity index (χ0v) is 12.2. The SMILES string of the molecule is CCN(C)C(=O)C(C)NC(=O)Nc1cccc(C(=O)O)c1. The van der Waals surface area contributed by atoms with Gasteiger partial charge in [0.25, 0.3) is 0 Å². The van der Waals surface area contributed by atoms with Crippen molar-refractivity contribution < 1.29 is 19.5 Å². The van der Waals surface area contributed by atoms with Crippen molar-refractivity contribution in [2.45, 2.75) is 19.9 Å². The van der Waals surface area contributed by atoms with E-state index in [9.17, 15) is 14.4 Å².